The highest BCUT2D eigenvalue weighted by Crippen LogP contribution is 2.17. The lowest BCUT2D eigenvalue weighted by Gasteiger charge is -2.09. The molecule has 0 spiro atoms. The number of carbonyl (C=O) groups is 1. The number of carbonyl (C=O) groups excluding carboxylic acids is 1. The molecule has 1 aliphatic rings. The van der Waals surface area contributed by atoms with Crippen LogP contribution in [0.5, 0.6) is 0 Å². The van der Waals surface area contributed by atoms with Crippen LogP contribution in [0, 0.1) is 13.8 Å². The molecule has 0 aliphatic carbocycles. The predicted octanol–water partition coefficient (Wildman–Crippen LogP) is 2.77. The van der Waals surface area contributed by atoms with Crippen LogP contribution in [-0.2, 0) is 30.8 Å². The Bertz CT molecular complexity index is 707. The first-order valence-corrected chi connectivity index (χ1v) is 7.76. The fraction of sp³-hybridized carbons (Fsp3) is 0.316. The molecule has 114 valence electrons. The van der Waals surface area contributed by atoms with Crippen LogP contribution >= 0.6 is 0 Å². The van der Waals surface area contributed by atoms with Gasteiger partial charge in [-0.1, -0.05) is 42.0 Å². The van der Waals surface area contributed by atoms with Crippen molar-refractivity contribution < 1.29 is 4.79 Å². The smallest absolute Gasteiger partial charge is 0.224 e. The van der Waals surface area contributed by atoms with Crippen molar-refractivity contribution in [2.45, 2.75) is 39.9 Å². The SMILES string of the molecule is Cc1ccc(C)c(CC(=O)NCc2ccc3c(c2)CNC3)c1. The molecular formula is C19H22N2O. The van der Waals surface area contributed by atoms with Crippen molar-refractivity contribution in [2.75, 3.05) is 0 Å². The summed E-state index contributed by atoms with van der Waals surface area (Å²) in [7, 11) is 0. The molecule has 1 aliphatic heterocycles. The molecule has 3 rings (SSSR count). The highest BCUT2D eigenvalue weighted by molar-refractivity contribution is 5.79. The molecule has 3 heteroatoms. The van der Waals surface area contributed by atoms with E-state index in [1.165, 1.54) is 22.3 Å². The quantitative estimate of drug-likeness (QED) is 0.910. The zero-order valence-corrected chi connectivity index (χ0v) is 13.2. The average molecular weight is 294 g/mol. The van der Waals surface area contributed by atoms with Crippen LogP contribution in [0.15, 0.2) is 36.4 Å². The van der Waals surface area contributed by atoms with Crippen molar-refractivity contribution in [3.05, 3.63) is 69.8 Å². The molecule has 2 N–H and O–H groups in total. The van der Waals surface area contributed by atoms with Gasteiger partial charge in [-0.05, 0) is 41.7 Å². The number of benzene rings is 2. The Kier molecular flexibility index (Phi) is 4.25. The molecule has 0 radical (unpaired) electrons. The Morgan fingerprint density at radius 1 is 1.09 bits per heavy atom. The van der Waals surface area contributed by atoms with E-state index in [0.717, 1.165) is 24.2 Å². The van der Waals surface area contributed by atoms with E-state index in [4.69, 9.17) is 0 Å². The van der Waals surface area contributed by atoms with Crippen LogP contribution in [0.3, 0.4) is 0 Å². The molecule has 0 fully saturated rings. The fourth-order valence-corrected chi connectivity index (χ4v) is 2.88. The van der Waals surface area contributed by atoms with E-state index >= 15 is 0 Å². The number of rotatable bonds is 4. The van der Waals surface area contributed by atoms with Crippen molar-refractivity contribution in [2.24, 2.45) is 0 Å². The van der Waals surface area contributed by atoms with Crippen molar-refractivity contribution in [1.29, 1.82) is 0 Å². The second-order valence-electron chi connectivity index (χ2n) is 6.09. The summed E-state index contributed by atoms with van der Waals surface area (Å²) >= 11 is 0. The highest BCUT2D eigenvalue weighted by Gasteiger charge is 2.11. The van der Waals surface area contributed by atoms with Gasteiger partial charge in [0.15, 0.2) is 0 Å². The molecule has 1 amide bonds. The molecule has 0 atom stereocenters. The third-order valence-electron chi connectivity index (χ3n) is 4.25. The Morgan fingerprint density at radius 2 is 1.91 bits per heavy atom. The normalized spacial score (nSPS) is 13.0. The zero-order chi connectivity index (χ0) is 15.5. The van der Waals surface area contributed by atoms with Crippen molar-refractivity contribution >= 4 is 5.91 Å². The second kappa shape index (κ2) is 6.32. The van der Waals surface area contributed by atoms with E-state index in [1.54, 1.807) is 0 Å². The Hall–Kier alpha value is -2.13. The first-order chi connectivity index (χ1) is 10.6. The first-order valence-electron chi connectivity index (χ1n) is 7.76. The van der Waals surface area contributed by atoms with Crippen molar-refractivity contribution in [3.8, 4) is 0 Å². The van der Waals surface area contributed by atoms with E-state index < -0.39 is 0 Å². The summed E-state index contributed by atoms with van der Waals surface area (Å²) in [6.07, 6.45) is 0.444. The van der Waals surface area contributed by atoms with Gasteiger partial charge in [0.1, 0.15) is 0 Å². The van der Waals surface area contributed by atoms with Gasteiger partial charge in [-0.3, -0.25) is 4.79 Å². The number of fused-ring (bicyclic) bond motifs is 1. The molecule has 2 aromatic carbocycles. The summed E-state index contributed by atoms with van der Waals surface area (Å²) in [6, 6.07) is 12.7. The minimum atomic E-state index is 0.0762. The maximum atomic E-state index is 12.2. The van der Waals surface area contributed by atoms with E-state index in [-0.39, 0.29) is 5.91 Å². The summed E-state index contributed by atoms with van der Waals surface area (Å²) in [4.78, 5) is 12.2. The summed E-state index contributed by atoms with van der Waals surface area (Å²) in [5.74, 6) is 0.0762. The highest BCUT2D eigenvalue weighted by atomic mass is 16.1. The van der Waals surface area contributed by atoms with Crippen LogP contribution in [0.1, 0.15) is 33.4 Å². The molecule has 0 saturated carbocycles. The first kappa shape index (κ1) is 14.8. The van der Waals surface area contributed by atoms with Gasteiger partial charge in [0.25, 0.3) is 0 Å². The van der Waals surface area contributed by atoms with Gasteiger partial charge >= 0.3 is 0 Å². The van der Waals surface area contributed by atoms with Gasteiger partial charge < -0.3 is 10.6 Å². The predicted molar refractivity (Wildman–Crippen MR) is 88.5 cm³/mol. The Labute approximate surface area is 131 Å². The standard InChI is InChI=1S/C19H22N2O/c1-13-3-4-14(2)17(7-13)9-19(22)21-10-15-5-6-16-11-20-12-18(16)8-15/h3-8,20H,9-12H2,1-2H3,(H,21,22). The molecule has 3 nitrogen and oxygen atoms in total. The third-order valence-corrected chi connectivity index (χ3v) is 4.25. The lowest BCUT2D eigenvalue weighted by atomic mass is 10.0. The Balaban J connectivity index is 1.59. The molecule has 0 bridgehead atoms. The van der Waals surface area contributed by atoms with E-state index in [1.807, 2.05) is 0 Å². The minimum Gasteiger partial charge on any atom is -0.352 e. The van der Waals surface area contributed by atoms with E-state index in [0.29, 0.717) is 13.0 Å². The second-order valence-corrected chi connectivity index (χ2v) is 6.09. The fourth-order valence-electron chi connectivity index (χ4n) is 2.88. The summed E-state index contributed by atoms with van der Waals surface area (Å²) < 4.78 is 0. The number of hydrogen-bond acceptors (Lipinski definition) is 2. The monoisotopic (exact) mass is 294 g/mol. The van der Waals surface area contributed by atoms with E-state index in [2.05, 4.69) is 60.9 Å². The number of nitrogens with one attached hydrogen (secondary N) is 2. The molecule has 1 heterocycles. The maximum absolute atomic E-state index is 12.2. The van der Waals surface area contributed by atoms with Crippen LogP contribution in [0.4, 0.5) is 0 Å². The molecule has 2 aromatic rings. The third kappa shape index (κ3) is 3.37. The van der Waals surface area contributed by atoms with Crippen molar-refractivity contribution in [3.63, 3.8) is 0 Å². The largest absolute Gasteiger partial charge is 0.352 e. The number of aryl methyl sites for hydroxylation is 2. The molecule has 22 heavy (non-hydrogen) atoms. The van der Waals surface area contributed by atoms with Gasteiger partial charge in [0, 0.05) is 19.6 Å². The summed E-state index contributed by atoms with van der Waals surface area (Å²) in [5, 5.41) is 6.36. The average Bonchev–Trinajstić information content (AvgIpc) is 2.96. The van der Waals surface area contributed by atoms with Gasteiger partial charge in [-0.25, -0.2) is 0 Å². The van der Waals surface area contributed by atoms with Crippen molar-refractivity contribution in [1.82, 2.24) is 10.6 Å². The molecule has 0 aromatic heterocycles. The van der Waals surface area contributed by atoms with Crippen LogP contribution in [-0.4, -0.2) is 5.91 Å². The van der Waals surface area contributed by atoms with Crippen LogP contribution < -0.4 is 10.6 Å². The lowest BCUT2D eigenvalue weighted by molar-refractivity contribution is -0.120. The maximum Gasteiger partial charge on any atom is 0.224 e. The Morgan fingerprint density at radius 3 is 2.77 bits per heavy atom. The van der Waals surface area contributed by atoms with Gasteiger partial charge in [-0.15, -0.1) is 0 Å². The van der Waals surface area contributed by atoms with Crippen LogP contribution in [0.2, 0.25) is 0 Å². The van der Waals surface area contributed by atoms with Gasteiger partial charge in [0.05, 0.1) is 6.42 Å². The summed E-state index contributed by atoms with van der Waals surface area (Å²) in [6.45, 7) is 6.58. The summed E-state index contributed by atoms with van der Waals surface area (Å²) in [5.41, 5.74) is 7.35. The zero-order valence-electron chi connectivity index (χ0n) is 13.2. The molecule has 0 unspecified atom stereocenters. The van der Waals surface area contributed by atoms with E-state index in [9.17, 15) is 4.79 Å². The van der Waals surface area contributed by atoms with Crippen LogP contribution in [0.25, 0.3) is 0 Å². The van der Waals surface area contributed by atoms with Gasteiger partial charge in [-0.2, -0.15) is 0 Å². The minimum absolute atomic E-state index is 0.0762. The molecule has 0 saturated heterocycles. The number of amides is 1. The topological polar surface area (TPSA) is 41.1 Å². The number of hydrogen-bond donors (Lipinski definition) is 2. The molecular weight excluding hydrogens is 272 g/mol. The van der Waals surface area contributed by atoms with Gasteiger partial charge in [0.2, 0.25) is 5.91 Å². The lowest BCUT2D eigenvalue weighted by Crippen LogP contribution is -2.25.